The van der Waals surface area contributed by atoms with Crippen LogP contribution in [0.3, 0.4) is 0 Å². The Labute approximate surface area is 228 Å². The largest absolute Gasteiger partial charge is 0.338 e. The topological polar surface area (TPSA) is 75.4 Å². The maximum absolute atomic E-state index is 5.33. The van der Waals surface area contributed by atoms with E-state index < -0.39 is 0 Å². The van der Waals surface area contributed by atoms with Gasteiger partial charge < -0.3 is 5.32 Å². The maximum atomic E-state index is 5.33. The molecular weight excluding hydrogens is 480 g/mol. The predicted octanol–water partition coefficient (Wildman–Crippen LogP) is 5.72. The van der Waals surface area contributed by atoms with E-state index in [9.17, 15) is 0 Å². The van der Waals surface area contributed by atoms with Gasteiger partial charge in [-0.25, -0.2) is 24.9 Å². The van der Waals surface area contributed by atoms with Gasteiger partial charge >= 0.3 is 0 Å². The second-order valence-corrected chi connectivity index (χ2v) is 12.5. The lowest BCUT2D eigenvalue weighted by molar-refractivity contribution is 0.589. The van der Waals surface area contributed by atoms with Crippen LogP contribution in [0.25, 0.3) is 39.6 Å². The van der Waals surface area contributed by atoms with Gasteiger partial charge in [-0.3, -0.25) is 0 Å². The molecule has 3 aliphatic rings. The van der Waals surface area contributed by atoms with Crippen molar-refractivity contribution in [3.63, 3.8) is 0 Å². The Balaban J connectivity index is 1.67. The van der Waals surface area contributed by atoms with Crippen LogP contribution in [-0.4, -0.2) is 20.8 Å². The molecule has 8 bridgehead atoms. The third kappa shape index (κ3) is 3.82. The number of hydrogen-bond acceptors (Lipinski definition) is 6. The van der Waals surface area contributed by atoms with Crippen LogP contribution >= 0.6 is 0 Å². The standard InChI is InChI=1S/C33H30N6/c1-32(2,3)18-14-20-21-15-19(33(4,5)6)17-23-25-11-13-35-31(38-25)27-9-7-8-26(36-27)30-34-12-10-24(37-30)22(16-18)28(20)39-29(21)23/h7-17H,1-6H3,(H,34,37). The van der Waals surface area contributed by atoms with Crippen molar-refractivity contribution in [2.75, 3.05) is 0 Å². The van der Waals surface area contributed by atoms with Crippen LogP contribution in [0, 0.1) is 0 Å². The van der Waals surface area contributed by atoms with Crippen LogP contribution in [0.2, 0.25) is 0 Å². The molecule has 0 aliphatic carbocycles. The average molecular weight is 511 g/mol. The molecule has 5 heterocycles. The van der Waals surface area contributed by atoms with Crippen LogP contribution in [0.15, 0.2) is 77.0 Å². The Hall–Kier alpha value is -4.45. The summed E-state index contributed by atoms with van der Waals surface area (Å²) in [5, 5.41) is 5.58. The van der Waals surface area contributed by atoms with Crippen LogP contribution in [0.4, 0.5) is 5.69 Å². The van der Waals surface area contributed by atoms with Gasteiger partial charge in [0.15, 0.2) is 11.7 Å². The van der Waals surface area contributed by atoms with E-state index in [0.29, 0.717) is 17.4 Å². The summed E-state index contributed by atoms with van der Waals surface area (Å²) in [4.78, 5) is 24.5. The smallest absolute Gasteiger partial charge is 0.178 e. The Bertz CT molecular complexity index is 1900. The summed E-state index contributed by atoms with van der Waals surface area (Å²) in [6.45, 7) is 13.5. The zero-order valence-electron chi connectivity index (χ0n) is 23.1. The first-order valence-corrected chi connectivity index (χ1v) is 13.4. The lowest BCUT2D eigenvalue weighted by atomic mass is 9.82. The molecule has 0 atom stereocenters. The molecule has 0 spiro atoms. The number of benzene rings is 2. The number of aromatic nitrogens is 3. The van der Waals surface area contributed by atoms with Crippen molar-refractivity contribution in [3.05, 3.63) is 94.4 Å². The minimum Gasteiger partial charge on any atom is -0.338 e. The Morgan fingerprint density at radius 2 is 1.44 bits per heavy atom. The maximum Gasteiger partial charge on any atom is 0.178 e. The van der Waals surface area contributed by atoms with E-state index in [1.54, 1.807) is 0 Å². The van der Waals surface area contributed by atoms with Crippen LogP contribution < -0.4 is 15.9 Å². The molecule has 6 nitrogen and oxygen atoms in total. The Morgan fingerprint density at radius 1 is 0.718 bits per heavy atom. The van der Waals surface area contributed by atoms with E-state index in [2.05, 4.69) is 81.1 Å². The zero-order valence-corrected chi connectivity index (χ0v) is 23.1. The second kappa shape index (κ2) is 8.03. The Morgan fingerprint density at radius 3 is 2.23 bits per heavy atom. The third-order valence-electron chi connectivity index (χ3n) is 7.61. The number of fused-ring (bicyclic) bond motifs is 10. The fourth-order valence-electron chi connectivity index (χ4n) is 5.30. The van der Waals surface area contributed by atoms with Gasteiger partial charge in [-0.05, 0) is 70.5 Å². The quantitative estimate of drug-likeness (QED) is 0.289. The van der Waals surface area contributed by atoms with Gasteiger partial charge in [-0.1, -0.05) is 47.6 Å². The van der Waals surface area contributed by atoms with Crippen molar-refractivity contribution in [2.45, 2.75) is 52.4 Å². The van der Waals surface area contributed by atoms with Gasteiger partial charge in [0.05, 0.1) is 22.4 Å². The molecule has 2 aromatic heterocycles. The second-order valence-electron chi connectivity index (χ2n) is 12.5. The van der Waals surface area contributed by atoms with Crippen molar-refractivity contribution in [1.82, 2.24) is 20.3 Å². The fraction of sp³-hybridized carbons (Fsp3) is 0.242. The van der Waals surface area contributed by atoms with E-state index in [1.165, 1.54) is 11.1 Å². The van der Waals surface area contributed by atoms with Crippen LogP contribution in [0.5, 0.6) is 0 Å². The van der Waals surface area contributed by atoms with Gasteiger partial charge in [0.25, 0.3) is 0 Å². The molecule has 39 heavy (non-hydrogen) atoms. The van der Waals surface area contributed by atoms with Crippen LogP contribution in [-0.2, 0) is 10.8 Å². The van der Waals surface area contributed by atoms with Gasteiger partial charge in [-0.15, -0.1) is 0 Å². The monoisotopic (exact) mass is 510 g/mol. The van der Waals surface area contributed by atoms with E-state index in [4.69, 9.17) is 15.0 Å². The normalized spacial score (nSPS) is 14.8. The molecule has 0 radical (unpaired) electrons. The minimum absolute atomic E-state index is 0.0484. The number of hydrogen-bond donors (Lipinski definition) is 1. The molecule has 0 saturated carbocycles. The van der Waals surface area contributed by atoms with Crippen molar-refractivity contribution in [1.29, 1.82) is 0 Å². The van der Waals surface area contributed by atoms with Crippen molar-refractivity contribution >= 4 is 17.2 Å². The summed E-state index contributed by atoms with van der Waals surface area (Å²) >= 11 is 0. The number of rotatable bonds is 0. The minimum atomic E-state index is -0.0561. The number of nitrogens with zero attached hydrogens (tertiary/aromatic N) is 5. The van der Waals surface area contributed by atoms with E-state index in [1.807, 2.05) is 42.7 Å². The molecule has 192 valence electrons. The van der Waals surface area contributed by atoms with Gasteiger partial charge in [0.2, 0.25) is 0 Å². The molecule has 0 fully saturated rings. The highest BCUT2D eigenvalue weighted by Crippen LogP contribution is 2.44. The number of nitrogens with one attached hydrogen (secondary N) is 1. The first kappa shape index (κ1) is 23.7. The lowest BCUT2D eigenvalue weighted by Crippen LogP contribution is -2.37. The highest BCUT2D eigenvalue weighted by molar-refractivity contribution is 6.03. The molecule has 4 aromatic rings. The van der Waals surface area contributed by atoms with Crippen molar-refractivity contribution in [2.24, 2.45) is 9.98 Å². The first-order chi connectivity index (χ1) is 18.6. The summed E-state index contributed by atoms with van der Waals surface area (Å²) in [6, 6.07) is 17.0. The molecule has 0 amide bonds. The van der Waals surface area contributed by atoms with Crippen LogP contribution in [0.1, 0.15) is 58.4 Å². The summed E-state index contributed by atoms with van der Waals surface area (Å²) in [5.74, 6) is 1.26. The van der Waals surface area contributed by atoms with E-state index in [0.717, 1.165) is 50.0 Å². The summed E-state index contributed by atoms with van der Waals surface area (Å²) in [7, 11) is 0. The van der Waals surface area contributed by atoms with Crippen molar-refractivity contribution < 1.29 is 0 Å². The summed E-state index contributed by atoms with van der Waals surface area (Å²) in [6.07, 6.45) is 5.66. The molecule has 7 rings (SSSR count). The number of amidine groups is 1. The molecule has 3 aliphatic heterocycles. The molecule has 2 aromatic carbocycles. The Kier molecular flexibility index (Phi) is 4.87. The van der Waals surface area contributed by atoms with Gasteiger partial charge in [0, 0.05) is 34.3 Å². The fourth-order valence-corrected chi connectivity index (χ4v) is 5.30. The third-order valence-corrected chi connectivity index (χ3v) is 7.61. The van der Waals surface area contributed by atoms with Crippen molar-refractivity contribution in [3.8, 4) is 33.9 Å². The highest BCUT2D eigenvalue weighted by atomic mass is 15.0. The average Bonchev–Trinajstić information content (AvgIpc) is 3.30. The lowest BCUT2D eigenvalue weighted by Gasteiger charge is -2.23. The molecule has 6 heteroatoms. The van der Waals surface area contributed by atoms with E-state index >= 15 is 0 Å². The highest BCUT2D eigenvalue weighted by Gasteiger charge is 2.28. The zero-order chi connectivity index (χ0) is 27.1. The van der Waals surface area contributed by atoms with E-state index in [-0.39, 0.29) is 10.8 Å². The molecule has 1 N–H and O–H groups in total. The molecule has 0 unspecified atom stereocenters. The van der Waals surface area contributed by atoms with Gasteiger partial charge in [-0.2, -0.15) is 0 Å². The summed E-state index contributed by atoms with van der Waals surface area (Å²) in [5.41, 5.74) is 9.85. The first-order valence-electron chi connectivity index (χ1n) is 13.4. The molecular formula is C33H30N6. The summed E-state index contributed by atoms with van der Waals surface area (Å²) < 4.78 is 0. The SMILES string of the molecule is CC(C)(C)c1cc2c3c(c1)-c1cc(C(C)(C)C)cc(c1=N3)=C1C=CN=C(N1)c1cccc(n1)-c1nccc-2n1. The molecule has 0 saturated heterocycles. The predicted molar refractivity (Wildman–Crippen MR) is 156 cm³/mol. The number of pyridine rings is 1. The number of aliphatic imine (C=N–C) groups is 1. The van der Waals surface area contributed by atoms with Gasteiger partial charge in [0.1, 0.15) is 11.4 Å².